The summed E-state index contributed by atoms with van der Waals surface area (Å²) in [6.07, 6.45) is 0.272. The van der Waals surface area contributed by atoms with Crippen molar-refractivity contribution in [1.82, 2.24) is 10.2 Å². The van der Waals surface area contributed by atoms with Crippen molar-refractivity contribution in [3.63, 3.8) is 0 Å². The lowest BCUT2D eigenvalue weighted by Crippen LogP contribution is -2.48. The molecule has 2 saturated heterocycles. The molecule has 2 aliphatic heterocycles. The quantitative estimate of drug-likeness (QED) is 0.704. The van der Waals surface area contributed by atoms with Crippen molar-refractivity contribution in [1.29, 1.82) is 0 Å². The molecule has 0 aliphatic carbocycles. The normalized spacial score (nSPS) is 19.9. The highest BCUT2D eigenvalue weighted by Gasteiger charge is 2.35. The Hall–Kier alpha value is -2.38. The summed E-state index contributed by atoms with van der Waals surface area (Å²) in [6, 6.07) is 18.1. The van der Waals surface area contributed by atoms with Crippen LogP contribution in [0.25, 0.3) is 0 Å². The fourth-order valence-corrected chi connectivity index (χ4v) is 4.51. The summed E-state index contributed by atoms with van der Waals surface area (Å²) < 4.78 is 0.924. The molecular formula is C23H27BrN4O2. The molecule has 2 amide bonds. The van der Waals surface area contributed by atoms with Gasteiger partial charge in [-0.05, 0) is 30.3 Å². The van der Waals surface area contributed by atoms with Gasteiger partial charge in [0.1, 0.15) is 0 Å². The number of carbonyl (C=O) groups is 2. The van der Waals surface area contributed by atoms with Crippen LogP contribution in [-0.2, 0) is 9.59 Å². The maximum atomic E-state index is 12.6. The minimum absolute atomic E-state index is 0.00489. The molecule has 0 aromatic heterocycles. The van der Waals surface area contributed by atoms with Crippen molar-refractivity contribution < 1.29 is 9.59 Å². The molecule has 2 fully saturated rings. The van der Waals surface area contributed by atoms with E-state index in [-0.39, 0.29) is 24.2 Å². The Morgan fingerprint density at radius 1 is 1.00 bits per heavy atom. The lowest BCUT2D eigenvalue weighted by Gasteiger charge is -2.36. The number of halogens is 1. The average molecular weight is 471 g/mol. The third-order valence-corrected chi connectivity index (χ3v) is 6.33. The van der Waals surface area contributed by atoms with Crippen LogP contribution >= 0.6 is 15.9 Å². The molecule has 0 bridgehead atoms. The van der Waals surface area contributed by atoms with Crippen molar-refractivity contribution in [3.05, 3.63) is 59.1 Å². The molecule has 0 spiro atoms. The number of anilines is 2. The van der Waals surface area contributed by atoms with Crippen molar-refractivity contribution in [2.45, 2.75) is 6.42 Å². The first-order chi connectivity index (χ1) is 14.6. The fourth-order valence-electron chi connectivity index (χ4n) is 4.13. The second kappa shape index (κ2) is 9.62. The van der Waals surface area contributed by atoms with E-state index in [1.165, 1.54) is 5.69 Å². The smallest absolute Gasteiger partial charge is 0.227 e. The van der Waals surface area contributed by atoms with E-state index in [0.717, 1.165) is 42.9 Å². The van der Waals surface area contributed by atoms with Crippen LogP contribution in [0.1, 0.15) is 6.42 Å². The predicted molar refractivity (Wildman–Crippen MR) is 123 cm³/mol. The zero-order valence-electron chi connectivity index (χ0n) is 17.0. The molecule has 4 rings (SSSR count). The number of nitrogens with one attached hydrogen (secondary N) is 1. The van der Waals surface area contributed by atoms with Gasteiger partial charge in [-0.1, -0.05) is 40.2 Å². The van der Waals surface area contributed by atoms with E-state index in [0.29, 0.717) is 13.1 Å². The van der Waals surface area contributed by atoms with Gasteiger partial charge in [0.05, 0.1) is 5.92 Å². The predicted octanol–water partition coefficient (Wildman–Crippen LogP) is 2.74. The Morgan fingerprint density at radius 2 is 1.73 bits per heavy atom. The molecule has 2 aliphatic rings. The Bertz CT molecular complexity index is 884. The number of hydrogen-bond acceptors (Lipinski definition) is 4. The number of nitrogens with zero attached hydrogens (tertiary/aromatic N) is 3. The van der Waals surface area contributed by atoms with E-state index >= 15 is 0 Å². The van der Waals surface area contributed by atoms with E-state index in [4.69, 9.17) is 0 Å². The highest BCUT2D eigenvalue weighted by Crippen LogP contribution is 2.27. The molecule has 1 unspecified atom stereocenters. The molecule has 1 atom stereocenters. The van der Waals surface area contributed by atoms with E-state index in [2.05, 4.69) is 55.3 Å². The van der Waals surface area contributed by atoms with Crippen LogP contribution in [0.4, 0.5) is 11.4 Å². The van der Waals surface area contributed by atoms with Gasteiger partial charge in [0.15, 0.2) is 0 Å². The molecular weight excluding hydrogens is 444 g/mol. The van der Waals surface area contributed by atoms with Gasteiger partial charge in [-0.3, -0.25) is 14.5 Å². The minimum Gasteiger partial charge on any atom is -0.369 e. The van der Waals surface area contributed by atoms with Gasteiger partial charge >= 0.3 is 0 Å². The highest BCUT2D eigenvalue weighted by molar-refractivity contribution is 9.10. The molecule has 7 heteroatoms. The van der Waals surface area contributed by atoms with Crippen molar-refractivity contribution in [2.75, 3.05) is 55.6 Å². The zero-order valence-corrected chi connectivity index (χ0v) is 18.6. The summed E-state index contributed by atoms with van der Waals surface area (Å²) in [5, 5.41) is 3.04. The van der Waals surface area contributed by atoms with E-state index < -0.39 is 0 Å². The first-order valence-corrected chi connectivity index (χ1v) is 11.3. The number of amides is 2. The van der Waals surface area contributed by atoms with E-state index in [1.807, 2.05) is 30.3 Å². The monoisotopic (exact) mass is 470 g/mol. The van der Waals surface area contributed by atoms with Gasteiger partial charge in [-0.15, -0.1) is 0 Å². The Labute approximate surface area is 186 Å². The zero-order chi connectivity index (χ0) is 20.9. The van der Waals surface area contributed by atoms with Crippen LogP contribution < -0.4 is 15.1 Å². The largest absolute Gasteiger partial charge is 0.369 e. The van der Waals surface area contributed by atoms with E-state index in [1.54, 1.807) is 4.90 Å². The maximum Gasteiger partial charge on any atom is 0.227 e. The Balaban J connectivity index is 1.20. The first kappa shape index (κ1) is 20.9. The van der Waals surface area contributed by atoms with Crippen LogP contribution in [0.15, 0.2) is 59.1 Å². The van der Waals surface area contributed by atoms with Gasteiger partial charge in [0, 0.05) is 68.1 Å². The summed E-state index contributed by atoms with van der Waals surface area (Å²) in [4.78, 5) is 31.5. The molecule has 6 nitrogen and oxygen atoms in total. The summed E-state index contributed by atoms with van der Waals surface area (Å²) in [5.41, 5.74) is 2.10. The summed E-state index contributed by atoms with van der Waals surface area (Å²) in [6.45, 7) is 5.87. The topological polar surface area (TPSA) is 55.9 Å². The molecule has 2 heterocycles. The van der Waals surface area contributed by atoms with Crippen molar-refractivity contribution in [2.24, 2.45) is 5.92 Å². The highest BCUT2D eigenvalue weighted by atomic mass is 79.9. The summed E-state index contributed by atoms with van der Waals surface area (Å²) in [5.74, 6) is -0.305. The average Bonchev–Trinajstić information content (AvgIpc) is 3.16. The van der Waals surface area contributed by atoms with Crippen LogP contribution in [-0.4, -0.2) is 62.5 Å². The first-order valence-electron chi connectivity index (χ1n) is 10.5. The van der Waals surface area contributed by atoms with Crippen LogP contribution in [0.2, 0.25) is 0 Å². The number of benzene rings is 2. The van der Waals surface area contributed by atoms with Crippen LogP contribution in [0, 0.1) is 5.92 Å². The molecule has 30 heavy (non-hydrogen) atoms. The molecule has 0 saturated carbocycles. The lowest BCUT2D eigenvalue weighted by molar-refractivity contribution is -0.126. The number of carbonyl (C=O) groups excluding carboxylic acids is 2. The molecule has 158 valence electrons. The number of rotatable bonds is 6. The van der Waals surface area contributed by atoms with E-state index in [9.17, 15) is 9.59 Å². The van der Waals surface area contributed by atoms with Gasteiger partial charge in [-0.2, -0.15) is 0 Å². The number of hydrogen-bond donors (Lipinski definition) is 1. The second-order valence-corrected chi connectivity index (χ2v) is 8.76. The standard InChI is InChI=1S/C23H27BrN4O2/c24-19-5-4-8-21(16-19)28-17-18(15-22(28)29)23(30)25-9-10-26-11-13-27(14-12-26)20-6-2-1-3-7-20/h1-8,16,18H,9-15,17H2,(H,25,30). The minimum atomic E-state index is -0.286. The fraction of sp³-hybridized carbons (Fsp3) is 0.391. The molecule has 2 aromatic rings. The third-order valence-electron chi connectivity index (χ3n) is 5.84. The van der Waals surface area contributed by atoms with Crippen molar-refractivity contribution in [3.8, 4) is 0 Å². The van der Waals surface area contributed by atoms with Crippen molar-refractivity contribution >= 4 is 39.1 Å². The third kappa shape index (κ3) is 5.02. The Kier molecular flexibility index (Phi) is 6.69. The number of para-hydroxylation sites is 1. The van der Waals surface area contributed by atoms with Crippen LogP contribution in [0.3, 0.4) is 0 Å². The molecule has 1 N–H and O–H groups in total. The van der Waals surface area contributed by atoms with Gasteiger partial charge in [-0.25, -0.2) is 0 Å². The summed E-state index contributed by atoms with van der Waals surface area (Å²) in [7, 11) is 0. The van der Waals surface area contributed by atoms with Gasteiger partial charge in [0.2, 0.25) is 11.8 Å². The SMILES string of the molecule is O=C(NCCN1CCN(c2ccccc2)CC1)C1CC(=O)N(c2cccc(Br)c2)C1. The second-order valence-electron chi connectivity index (χ2n) is 7.84. The molecule has 0 radical (unpaired) electrons. The molecule has 2 aromatic carbocycles. The Morgan fingerprint density at radius 3 is 2.47 bits per heavy atom. The summed E-state index contributed by atoms with van der Waals surface area (Å²) >= 11 is 3.44. The maximum absolute atomic E-state index is 12.6. The van der Waals surface area contributed by atoms with Gasteiger partial charge in [0.25, 0.3) is 0 Å². The van der Waals surface area contributed by atoms with Crippen LogP contribution in [0.5, 0.6) is 0 Å². The number of piperazine rings is 1. The lowest BCUT2D eigenvalue weighted by atomic mass is 10.1. The van der Waals surface area contributed by atoms with Gasteiger partial charge < -0.3 is 15.1 Å².